The van der Waals surface area contributed by atoms with Gasteiger partial charge in [0.15, 0.2) is 0 Å². The molecule has 1 atom stereocenters. The number of anilines is 1. The van der Waals surface area contributed by atoms with E-state index in [0.717, 1.165) is 18.4 Å². The summed E-state index contributed by atoms with van der Waals surface area (Å²) in [6.45, 7) is 0.637. The highest BCUT2D eigenvalue weighted by molar-refractivity contribution is 5.71. The summed E-state index contributed by atoms with van der Waals surface area (Å²) in [5.41, 5.74) is 7.52. The van der Waals surface area contributed by atoms with Gasteiger partial charge in [-0.15, -0.1) is 0 Å². The van der Waals surface area contributed by atoms with Crippen molar-refractivity contribution in [3.05, 3.63) is 29.8 Å². The summed E-state index contributed by atoms with van der Waals surface area (Å²) in [6, 6.07) is 7.97. The third-order valence-corrected chi connectivity index (χ3v) is 3.70. The van der Waals surface area contributed by atoms with Gasteiger partial charge in [-0.3, -0.25) is 0 Å². The van der Waals surface area contributed by atoms with E-state index in [-0.39, 0.29) is 12.2 Å². The Morgan fingerprint density at radius 1 is 1.29 bits per heavy atom. The summed E-state index contributed by atoms with van der Waals surface area (Å²) in [6.07, 6.45) is 3.03. The van der Waals surface area contributed by atoms with E-state index in [9.17, 15) is 4.79 Å². The fourth-order valence-electron chi connectivity index (χ4n) is 2.44. The van der Waals surface area contributed by atoms with Crippen molar-refractivity contribution in [2.75, 3.05) is 12.3 Å². The summed E-state index contributed by atoms with van der Waals surface area (Å²) in [5, 5.41) is 0. The van der Waals surface area contributed by atoms with Crippen LogP contribution in [0.2, 0.25) is 0 Å². The van der Waals surface area contributed by atoms with E-state index in [4.69, 9.17) is 10.5 Å². The van der Waals surface area contributed by atoms with Gasteiger partial charge in [-0.2, -0.15) is 0 Å². The molecular weight excluding hydrogens is 216 g/mol. The number of nitrogens with zero attached hydrogens (tertiary/aromatic N) is 1. The summed E-state index contributed by atoms with van der Waals surface area (Å²) in [4.78, 5) is 13.6. The zero-order valence-electron chi connectivity index (χ0n) is 9.63. The number of carbonyl (C=O) groups is 1. The Labute approximate surface area is 100 Å². The maximum atomic E-state index is 11.8. The van der Waals surface area contributed by atoms with Crippen molar-refractivity contribution >= 4 is 11.8 Å². The largest absolute Gasteiger partial charge is 0.439 e. The number of para-hydroxylation sites is 1. The molecule has 2 aliphatic rings. The predicted molar refractivity (Wildman–Crippen MR) is 64.4 cm³/mol. The number of rotatable bonds is 2. The molecule has 1 aromatic rings. The fourth-order valence-corrected chi connectivity index (χ4v) is 2.44. The van der Waals surface area contributed by atoms with E-state index in [2.05, 4.69) is 0 Å². The third-order valence-electron chi connectivity index (χ3n) is 3.70. The maximum Gasteiger partial charge on any atom is 0.410 e. The van der Waals surface area contributed by atoms with E-state index in [1.54, 1.807) is 0 Å². The van der Waals surface area contributed by atoms with E-state index in [1.807, 2.05) is 29.2 Å². The van der Waals surface area contributed by atoms with Crippen molar-refractivity contribution in [1.82, 2.24) is 4.90 Å². The van der Waals surface area contributed by atoms with Crippen LogP contribution in [0.4, 0.5) is 10.5 Å². The Hall–Kier alpha value is -1.71. The van der Waals surface area contributed by atoms with Gasteiger partial charge in [0.2, 0.25) is 0 Å². The first-order chi connectivity index (χ1) is 8.25. The molecule has 2 fully saturated rings. The maximum absolute atomic E-state index is 11.8. The van der Waals surface area contributed by atoms with Crippen molar-refractivity contribution in [3.63, 3.8) is 0 Å². The van der Waals surface area contributed by atoms with E-state index >= 15 is 0 Å². The van der Waals surface area contributed by atoms with Crippen molar-refractivity contribution in [2.45, 2.75) is 31.4 Å². The number of cyclic esters (lactones) is 1. The molecule has 2 N–H and O–H groups in total. The number of benzene rings is 1. The third kappa shape index (κ3) is 1.73. The van der Waals surface area contributed by atoms with Crippen molar-refractivity contribution in [1.29, 1.82) is 0 Å². The van der Waals surface area contributed by atoms with Crippen LogP contribution < -0.4 is 5.73 Å². The highest BCUT2D eigenvalue weighted by atomic mass is 16.6. The molecular formula is C13H16N2O2. The Balaban J connectivity index is 1.78. The first kappa shape index (κ1) is 10.4. The van der Waals surface area contributed by atoms with Crippen LogP contribution in [0.3, 0.4) is 0 Å². The highest BCUT2D eigenvalue weighted by Crippen LogP contribution is 2.35. The van der Waals surface area contributed by atoms with Gasteiger partial charge in [0.05, 0.1) is 6.54 Å². The number of amides is 1. The molecule has 4 nitrogen and oxygen atoms in total. The Kier molecular flexibility index (Phi) is 2.42. The van der Waals surface area contributed by atoms with Crippen molar-refractivity contribution in [2.24, 2.45) is 0 Å². The lowest BCUT2D eigenvalue weighted by molar-refractivity contribution is 0.118. The van der Waals surface area contributed by atoms with Gasteiger partial charge >= 0.3 is 6.09 Å². The minimum absolute atomic E-state index is 0.192. The number of nitrogen functional groups attached to an aromatic ring is 1. The van der Waals surface area contributed by atoms with Gasteiger partial charge in [-0.25, -0.2) is 4.79 Å². The first-order valence-electron chi connectivity index (χ1n) is 6.07. The van der Waals surface area contributed by atoms with Crippen LogP contribution >= 0.6 is 0 Å². The average Bonchev–Trinajstić information content (AvgIpc) is 2.59. The smallest absolute Gasteiger partial charge is 0.410 e. The molecule has 0 bridgehead atoms. The number of hydrogen-bond donors (Lipinski definition) is 1. The lowest BCUT2D eigenvalue weighted by Gasteiger charge is -2.32. The normalized spacial score (nSPS) is 24.6. The van der Waals surface area contributed by atoms with Crippen molar-refractivity contribution < 1.29 is 9.53 Å². The summed E-state index contributed by atoms with van der Waals surface area (Å²) in [5.74, 6) is 0. The molecule has 3 rings (SSSR count). The zero-order chi connectivity index (χ0) is 11.8. The molecule has 0 spiro atoms. The fraction of sp³-hybridized carbons (Fsp3) is 0.462. The van der Waals surface area contributed by atoms with Crippen LogP contribution in [0.15, 0.2) is 24.3 Å². The molecule has 1 saturated heterocycles. The molecule has 1 heterocycles. The predicted octanol–water partition coefficient (Wildman–Crippen LogP) is 2.31. The molecule has 0 aromatic heterocycles. The van der Waals surface area contributed by atoms with Crippen LogP contribution in [-0.4, -0.2) is 23.6 Å². The zero-order valence-corrected chi connectivity index (χ0v) is 9.63. The van der Waals surface area contributed by atoms with E-state index in [1.165, 1.54) is 6.42 Å². The standard InChI is InChI=1S/C13H16N2O2/c14-11-7-2-1-6-10(11)12-8-15(13(16)17-12)9-4-3-5-9/h1-2,6-7,9,12H,3-5,8,14H2. The second-order valence-corrected chi connectivity index (χ2v) is 4.74. The Morgan fingerprint density at radius 3 is 2.71 bits per heavy atom. The number of nitrogens with two attached hydrogens (primary N) is 1. The molecule has 0 radical (unpaired) electrons. The van der Waals surface area contributed by atoms with Crippen LogP contribution in [0, 0.1) is 0 Å². The second-order valence-electron chi connectivity index (χ2n) is 4.74. The Bertz CT molecular complexity index is 443. The molecule has 1 aliphatic carbocycles. The minimum atomic E-state index is -0.204. The quantitative estimate of drug-likeness (QED) is 0.796. The van der Waals surface area contributed by atoms with Crippen LogP contribution in [0.5, 0.6) is 0 Å². The summed E-state index contributed by atoms with van der Waals surface area (Å²) < 4.78 is 5.40. The molecule has 4 heteroatoms. The van der Waals surface area contributed by atoms with Gasteiger partial charge in [0, 0.05) is 17.3 Å². The molecule has 17 heavy (non-hydrogen) atoms. The number of hydrogen-bond acceptors (Lipinski definition) is 3. The topological polar surface area (TPSA) is 55.6 Å². The van der Waals surface area contributed by atoms with Crippen LogP contribution in [-0.2, 0) is 4.74 Å². The second kappa shape index (κ2) is 3.95. The SMILES string of the molecule is Nc1ccccc1C1CN(C2CCC2)C(=O)O1. The van der Waals surface area contributed by atoms with Gasteiger partial charge in [-0.1, -0.05) is 18.2 Å². The van der Waals surface area contributed by atoms with Gasteiger partial charge < -0.3 is 15.4 Å². The first-order valence-corrected chi connectivity index (χ1v) is 6.07. The molecule has 1 aromatic carbocycles. The van der Waals surface area contributed by atoms with E-state index < -0.39 is 0 Å². The van der Waals surface area contributed by atoms with Crippen molar-refractivity contribution in [3.8, 4) is 0 Å². The summed E-state index contributed by atoms with van der Waals surface area (Å²) >= 11 is 0. The highest BCUT2D eigenvalue weighted by Gasteiger charge is 2.39. The molecule has 90 valence electrons. The number of ether oxygens (including phenoxy) is 1. The van der Waals surface area contributed by atoms with Gasteiger partial charge in [0.1, 0.15) is 6.10 Å². The van der Waals surface area contributed by atoms with Crippen LogP contribution in [0.1, 0.15) is 30.9 Å². The summed E-state index contributed by atoms with van der Waals surface area (Å²) in [7, 11) is 0. The molecule has 1 unspecified atom stereocenters. The minimum Gasteiger partial charge on any atom is -0.439 e. The Morgan fingerprint density at radius 2 is 2.06 bits per heavy atom. The molecule has 1 saturated carbocycles. The van der Waals surface area contributed by atoms with Gasteiger partial charge in [0.25, 0.3) is 0 Å². The number of carbonyl (C=O) groups excluding carboxylic acids is 1. The van der Waals surface area contributed by atoms with E-state index in [0.29, 0.717) is 18.3 Å². The molecule has 1 amide bonds. The monoisotopic (exact) mass is 232 g/mol. The molecule has 1 aliphatic heterocycles. The van der Waals surface area contributed by atoms with Crippen LogP contribution in [0.25, 0.3) is 0 Å². The van der Waals surface area contributed by atoms with Gasteiger partial charge in [-0.05, 0) is 25.3 Å². The lowest BCUT2D eigenvalue weighted by atomic mass is 9.91. The average molecular weight is 232 g/mol. The lowest BCUT2D eigenvalue weighted by Crippen LogP contribution is -2.40.